The smallest absolute Gasteiger partial charge is 0.236 e. The molecule has 0 aliphatic carbocycles. The number of aromatic nitrogens is 2. The first-order valence-corrected chi connectivity index (χ1v) is 7.62. The first kappa shape index (κ1) is 16.0. The van der Waals surface area contributed by atoms with Crippen LogP contribution in [-0.4, -0.2) is 70.7 Å². The van der Waals surface area contributed by atoms with Gasteiger partial charge in [0.1, 0.15) is 0 Å². The zero-order valence-electron chi connectivity index (χ0n) is 13.2. The van der Waals surface area contributed by atoms with Crippen LogP contribution in [0.25, 0.3) is 0 Å². The first-order chi connectivity index (χ1) is 10.0. The number of likely N-dealkylation sites (N-methyl/N-ethyl adjacent to an activating group) is 1. The molecule has 0 spiro atoms. The molecule has 1 fully saturated rings. The summed E-state index contributed by atoms with van der Waals surface area (Å²) in [5.74, 6) is 0.196. The van der Waals surface area contributed by atoms with E-state index in [-0.39, 0.29) is 18.1 Å². The van der Waals surface area contributed by atoms with Gasteiger partial charge in [-0.2, -0.15) is 0 Å². The maximum atomic E-state index is 12.3. The zero-order valence-corrected chi connectivity index (χ0v) is 13.2. The number of hydrogen-bond acceptors (Lipinski definition) is 4. The number of morpholine rings is 1. The highest BCUT2D eigenvalue weighted by molar-refractivity contribution is 5.78. The van der Waals surface area contributed by atoms with Crippen LogP contribution in [0, 0.1) is 0 Å². The van der Waals surface area contributed by atoms with Crippen LogP contribution < -0.4 is 0 Å². The highest BCUT2D eigenvalue weighted by Crippen LogP contribution is 2.11. The van der Waals surface area contributed by atoms with Crippen molar-refractivity contribution in [1.29, 1.82) is 0 Å². The van der Waals surface area contributed by atoms with Crippen molar-refractivity contribution < 1.29 is 9.53 Å². The van der Waals surface area contributed by atoms with E-state index in [0.717, 1.165) is 19.5 Å². The average Bonchev–Trinajstić information content (AvgIpc) is 2.90. The van der Waals surface area contributed by atoms with Gasteiger partial charge in [0, 0.05) is 38.6 Å². The molecule has 1 aliphatic rings. The largest absolute Gasteiger partial charge is 0.372 e. The Morgan fingerprint density at radius 2 is 2.10 bits per heavy atom. The van der Waals surface area contributed by atoms with Crippen LogP contribution in [0.2, 0.25) is 0 Å². The zero-order chi connectivity index (χ0) is 15.2. The van der Waals surface area contributed by atoms with Gasteiger partial charge < -0.3 is 14.2 Å². The SMILES string of the molecule is CC1CN(C(=O)CN(C)CCCn2ccnc2)CC(C)O1. The lowest BCUT2D eigenvalue weighted by atomic mass is 10.2. The van der Waals surface area contributed by atoms with Crippen molar-refractivity contribution >= 4 is 5.91 Å². The summed E-state index contributed by atoms with van der Waals surface area (Å²) in [5.41, 5.74) is 0. The van der Waals surface area contributed by atoms with Crippen LogP contribution in [0.15, 0.2) is 18.7 Å². The van der Waals surface area contributed by atoms with Crippen molar-refractivity contribution in [3.05, 3.63) is 18.7 Å². The summed E-state index contributed by atoms with van der Waals surface area (Å²) in [7, 11) is 2.00. The predicted octanol–water partition coefficient (Wildman–Crippen LogP) is 0.841. The minimum absolute atomic E-state index is 0.129. The number of carbonyl (C=O) groups is 1. The van der Waals surface area contributed by atoms with Crippen LogP contribution >= 0.6 is 0 Å². The van der Waals surface area contributed by atoms with Crippen molar-refractivity contribution in [2.75, 3.05) is 33.2 Å². The third-order valence-corrected chi connectivity index (χ3v) is 3.69. The molecule has 0 radical (unpaired) electrons. The molecular weight excluding hydrogens is 268 g/mol. The van der Waals surface area contributed by atoms with Crippen molar-refractivity contribution in [1.82, 2.24) is 19.4 Å². The molecule has 1 aromatic heterocycles. The summed E-state index contributed by atoms with van der Waals surface area (Å²) >= 11 is 0. The molecule has 1 amide bonds. The average molecular weight is 294 g/mol. The molecule has 0 aromatic carbocycles. The molecule has 2 heterocycles. The second-order valence-corrected chi connectivity index (χ2v) is 5.95. The third-order valence-electron chi connectivity index (χ3n) is 3.69. The minimum atomic E-state index is 0.129. The lowest BCUT2D eigenvalue weighted by molar-refractivity contribution is -0.144. The molecule has 0 N–H and O–H groups in total. The van der Waals surface area contributed by atoms with Gasteiger partial charge in [0.15, 0.2) is 0 Å². The summed E-state index contributed by atoms with van der Waals surface area (Å²) in [5, 5.41) is 0. The number of hydrogen-bond donors (Lipinski definition) is 0. The molecule has 2 unspecified atom stereocenters. The molecule has 21 heavy (non-hydrogen) atoms. The van der Waals surface area contributed by atoms with Gasteiger partial charge in [-0.1, -0.05) is 0 Å². The summed E-state index contributed by atoms with van der Waals surface area (Å²) in [4.78, 5) is 20.3. The Hall–Kier alpha value is -1.40. The second kappa shape index (κ2) is 7.56. The number of imidazole rings is 1. The molecule has 0 bridgehead atoms. The topological polar surface area (TPSA) is 50.6 Å². The summed E-state index contributed by atoms with van der Waals surface area (Å²) < 4.78 is 7.72. The molecule has 2 rings (SSSR count). The van der Waals surface area contributed by atoms with Crippen molar-refractivity contribution in [3.8, 4) is 0 Å². The molecule has 6 heteroatoms. The van der Waals surface area contributed by atoms with E-state index in [4.69, 9.17) is 4.74 Å². The Kier molecular flexibility index (Phi) is 5.76. The van der Waals surface area contributed by atoms with E-state index in [1.165, 1.54) is 0 Å². The molecular formula is C15H26N4O2. The highest BCUT2D eigenvalue weighted by Gasteiger charge is 2.26. The van der Waals surface area contributed by atoms with Gasteiger partial charge in [-0.05, 0) is 27.3 Å². The fraction of sp³-hybridized carbons (Fsp3) is 0.733. The Morgan fingerprint density at radius 1 is 1.38 bits per heavy atom. The fourth-order valence-electron chi connectivity index (χ4n) is 2.73. The van der Waals surface area contributed by atoms with Gasteiger partial charge in [0.2, 0.25) is 5.91 Å². The van der Waals surface area contributed by atoms with Gasteiger partial charge in [-0.15, -0.1) is 0 Å². The normalized spacial score (nSPS) is 22.8. The Morgan fingerprint density at radius 3 is 2.71 bits per heavy atom. The van der Waals surface area contributed by atoms with Gasteiger partial charge in [0.25, 0.3) is 0 Å². The van der Waals surface area contributed by atoms with Crippen LogP contribution in [0.4, 0.5) is 0 Å². The third kappa shape index (κ3) is 5.13. The number of rotatable bonds is 6. The number of amides is 1. The molecule has 1 aliphatic heterocycles. The number of ether oxygens (including phenoxy) is 1. The van der Waals surface area contributed by atoms with E-state index < -0.39 is 0 Å². The lowest BCUT2D eigenvalue weighted by Crippen LogP contribution is -2.50. The Bertz CT molecular complexity index is 425. The van der Waals surface area contributed by atoms with Crippen LogP contribution in [-0.2, 0) is 16.1 Å². The van der Waals surface area contributed by atoms with Gasteiger partial charge in [-0.3, -0.25) is 9.69 Å². The quantitative estimate of drug-likeness (QED) is 0.780. The van der Waals surface area contributed by atoms with E-state index in [1.54, 1.807) is 6.20 Å². The molecule has 0 saturated carbocycles. The first-order valence-electron chi connectivity index (χ1n) is 7.62. The summed E-state index contributed by atoms with van der Waals surface area (Å²) in [6, 6.07) is 0. The van der Waals surface area contributed by atoms with Crippen molar-refractivity contribution in [2.24, 2.45) is 0 Å². The van der Waals surface area contributed by atoms with Crippen molar-refractivity contribution in [3.63, 3.8) is 0 Å². The van der Waals surface area contributed by atoms with E-state index >= 15 is 0 Å². The van der Waals surface area contributed by atoms with Crippen LogP contribution in [0.3, 0.4) is 0 Å². The van der Waals surface area contributed by atoms with Crippen LogP contribution in [0.5, 0.6) is 0 Å². The van der Waals surface area contributed by atoms with Gasteiger partial charge in [0.05, 0.1) is 25.1 Å². The number of nitrogens with zero attached hydrogens (tertiary/aromatic N) is 4. The van der Waals surface area contributed by atoms with E-state index in [1.807, 2.05) is 38.3 Å². The fourth-order valence-corrected chi connectivity index (χ4v) is 2.73. The van der Waals surface area contributed by atoms with Gasteiger partial charge >= 0.3 is 0 Å². The van der Waals surface area contributed by atoms with E-state index in [2.05, 4.69) is 14.5 Å². The number of aryl methyl sites for hydroxylation is 1. The standard InChI is InChI=1S/C15H26N4O2/c1-13-9-19(10-14(2)21-13)15(20)11-17(3)6-4-7-18-8-5-16-12-18/h5,8,12-14H,4,6-7,9-11H2,1-3H3. The predicted molar refractivity (Wildman–Crippen MR) is 80.9 cm³/mol. The van der Waals surface area contributed by atoms with E-state index in [0.29, 0.717) is 19.6 Å². The minimum Gasteiger partial charge on any atom is -0.372 e. The summed E-state index contributed by atoms with van der Waals surface area (Å²) in [6.07, 6.45) is 6.83. The van der Waals surface area contributed by atoms with Crippen LogP contribution in [0.1, 0.15) is 20.3 Å². The lowest BCUT2D eigenvalue weighted by Gasteiger charge is -2.36. The molecule has 118 valence electrons. The second-order valence-electron chi connectivity index (χ2n) is 5.95. The Balaban J connectivity index is 1.69. The molecule has 6 nitrogen and oxygen atoms in total. The maximum absolute atomic E-state index is 12.3. The molecule has 2 atom stereocenters. The maximum Gasteiger partial charge on any atom is 0.236 e. The number of carbonyl (C=O) groups excluding carboxylic acids is 1. The highest BCUT2D eigenvalue weighted by atomic mass is 16.5. The molecule has 1 aromatic rings. The molecule has 1 saturated heterocycles. The van der Waals surface area contributed by atoms with E-state index in [9.17, 15) is 4.79 Å². The summed E-state index contributed by atoms with van der Waals surface area (Å²) in [6.45, 7) is 7.75. The van der Waals surface area contributed by atoms with Crippen molar-refractivity contribution in [2.45, 2.75) is 39.0 Å². The van der Waals surface area contributed by atoms with Gasteiger partial charge in [-0.25, -0.2) is 4.98 Å². The Labute approximate surface area is 126 Å². The monoisotopic (exact) mass is 294 g/mol.